The van der Waals surface area contributed by atoms with Crippen LogP contribution < -0.4 is 11.1 Å². The van der Waals surface area contributed by atoms with Gasteiger partial charge in [-0.25, -0.2) is 4.79 Å². The minimum atomic E-state index is -0.986. The van der Waals surface area contributed by atoms with Crippen molar-refractivity contribution in [3.8, 4) is 0 Å². The van der Waals surface area contributed by atoms with Crippen molar-refractivity contribution in [3.05, 3.63) is 16.0 Å². The van der Waals surface area contributed by atoms with Gasteiger partial charge in [0.2, 0.25) is 5.91 Å². The average molecular weight is 296 g/mol. The Balaban J connectivity index is 2.34. The normalized spacial score (nSPS) is 14.0. The standard InChI is InChI=1S/C14H20N2O3S/c1-4-19-12(17)10-8-6-5-7-9(8)20-11(10)16-13(18)14(2,3)15/h4-7,15H2,1-3H3,(H,16,18). The smallest absolute Gasteiger partial charge is 0.341 e. The Hall–Kier alpha value is -1.40. The SMILES string of the molecule is CCOC(=O)c1c(NC(=O)C(C)(C)N)sc2c1CCC2. The first-order valence-electron chi connectivity index (χ1n) is 6.76. The van der Waals surface area contributed by atoms with Gasteiger partial charge in [0.05, 0.1) is 17.7 Å². The molecule has 0 saturated heterocycles. The predicted octanol–water partition coefficient (Wildman–Crippen LogP) is 2.09. The molecule has 0 aromatic carbocycles. The Kier molecular flexibility index (Phi) is 4.15. The second-order valence-electron chi connectivity index (χ2n) is 5.46. The van der Waals surface area contributed by atoms with Crippen LogP contribution in [0.1, 0.15) is 48.0 Å². The van der Waals surface area contributed by atoms with E-state index in [0.717, 1.165) is 29.7 Å². The van der Waals surface area contributed by atoms with Crippen LogP contribution in [-0.4, -0.2) is 24.0 Å². The highest BCUT2D eigenvalue weighted by Gasteiger charge is 2.30. The molecule has 20 heavy (non-hydrogen) atoms. The lowest BCUT2D eigenvalue weighted by Crippen LogP contribution is -2.45. The van der Waals surface area contributed by atoms with Crippen LogP contribution in [-0.2, 0) is 22.4 Å². The van der Waals surface area contributed by atoms with E-state index in [4.69, 9.17) is 10.5 Å². The van der Waals surface area contributed by atoms with Gasteiger partial charge in [-0.1, -0.05) is 0 Å². The summed E-state index contributed by atoms with van der Waals surface area (Å²) >= 11 is 1.46. The summed E-state index contributed by atoms with van der Waals surface area (Å²) < 4.78 is 5.10. The van der Waals surface area contributed by atoms with E-state index in [9.17, 15) is 9.59 Å². The fourth-order valence-corrected chi connectivity index (χ4v) is 3.45. The summed E-state index contributed by atoms with van der Waals surface area (Å²) in [4.78, 5) is 25.3. The van der Waals surface area contributed by atoms with E-state index in [0.29, 0.717) is 17.2 Å². The van der Waals surface area contributed by atoms with E-state index >= 15 is 0 Å². The number of thiophene rings is 1. The zero-order chi connectivity index (χ0) is 14.9. The Bertz CT molecular complexity index is 543. The molecule has 0 spiro atoms. The molecule has 0 fully saturated rings. The van der Waals surface area contributed by atoms with Crippen molar-refractivity contribution in [2.24, 2.45) is 5.73 Å². The fourth-order valence-electron chi connectivity index (χ4n) is 2.18. The van der Waals surface area contributed by atoms with Crippen molar-refractivity contribution in [1.29, 1.82) is 0 Å². The highest BCUT2D eigenvalue weighted by molar-refractivity contribution is 7.17. The number of anilines is 1. The number of nitrogens with two attached hydrogens (primary N) is 1. The first kappa shape index (κ1) is 15.0. The van der Waals surface area contributed by atoms with Gasteiger partial charge in [-0.15, -0.1) is 11.3 Å². The van der Waals surface area contributed by atoms with Gasteiger partial charge >= 0.3 is 5.97 Å². The van der Waals surface area contributed by atoms with Crippen molar-refractivity contribution < 1.29 is 14.3 Å². The number of carbonyl (C=O) groups is 2. The predicted molar refractivity (Wildman–Crippen MR) is 79.2 cm³/mol. The molecule has 0 unspecified atom stereocenters. The molecule has 3 N–H and O–H groups in total. The summed E-state index contributed by atoms with van der Waals surface area (Å²) in [6.07, 6.45) is 2.86. The van der Waals surface area contributed by atoms with Crippen molar-refractivity contribution in [1.82, 2.24) is 0 Å². The minimum absolute atomic E-state index is 0.303. The monoisotopic (exact) mass is 296 g/mol. The zero-order valence-corrected chi connectivity index (χ0v) is 12.9. The zero-order valence-electron chi connectivity index (χ0n) is 12.0. The summed E-state index contributed by atoms with van der Waals surface area (Å²) in [7, 11) is 0. The molecule has 0 atom stereocenters. The molecule has 6 heteroatoms. The molecule has 1 aromatic heterocycles. The average Bonchev–Trinajstić information content (AvgIpc) is 2.87. The van der Waals surface area contributed by atoms with Crippen LogP contribution in [0.15, 0.2) is 0 Å². The molecule has 0 bridgehead atoms. The van der Waals surface area contributed by atoms with Crippen molar-refractivity contribution in [2.45, 2.75) is 45.6 Å². The topological polar surface area (TPSA) is 81.4 Å². The number of fused-ring (bicyclic) bond motifs is 1. The maximum atomic E-state index is 12.1. The van der Waals surface area contributed by atoms with Crippen LogP contribution in [0.25, 0.3) is 0 Å². The highest BCUT2D eigenvalue weighted by Crippen LogP contribution is 2.39. The second-order valence-corrected chi connectivity index (χ2v) is 6.56. The first-order chi connectivity index (χ1) is 9.34. The van der Waals surface area contributed by atoms with E-state index in [2.05, 4.69) is 5.32 Å². The van der Waals surface area contributed by atoms with Gasteiger partial charge in [0, 0.05) is 4.88 Å². The molecule has 1 aliphatic rings. The van der Waals surface area contributed by atoms with Crippen molar-refractivity contribution in [3.63, 3.8) is 0 Å². The number of nitrogens with one attached hydrogen (secondary N) is 1. The molecule has 2 rings (SSSR count). The lowest BCUT2D eigenvalue weighted by molar-refractivity contribution is -0.120. The molecule has 1 heterocycles. The molecule has 5 nitrogen and oxygen atoms in total. The van der Waals surface area contributed by atoms with Gasteiger partial charge in [-0.05, 0) is 45.6 Å². The summed E-state index contributed by atoms with van der Waals surface area (Å²) in [5, 5.41) is 3.34. The van der Waals surface area contributed by atoms with Gasteiger partial charge in [0.15, 0.2) is 0 Å². The number of hydrogen-bond acceptors (Lipinski definition) is 5. The lowest BCUT2D eigenvalue weighted by Gasteiger charge is -2.17. The quantitative estimate of drug-likeness (QED) is 0.834. The van der Waals surface area contributed by atoms with Crippen LogP contribution >= 0.6 is 11.3 Å². The van der Waals surface area contributed by atoms with Gasteiger partial charge in [0.25, 0.3) is 0 Å². The summed E-state index contributed by atoms with van der Waals surface area (Å²) in [5.41, 5.74) is 6.34. The molecule has 110 valence electrons. The molecule has 0 aliphatic heterocycles. The number of ether oxygens (including phenoxy) is 1. The Morgan fingerprint density at radius 1 is 1.40 bits per heavy atom. The third kappa shape index (κ3) is 2.86. The van der Waals surface area contributed by atoms with Crippen LogP contribution in [0, 0.1) is 0 Å². The molecular weight excluding hydrogens is 276 g/mol. The number of amides is 1. The highest BCUT2D eigenvalue weighted by atomic mass is 32.1. The van der Waals surface area contributed by atoms with Crippen LogP contribution in [0.5, 0.6) is 0 Å². The Labute approximate surface area is 122 Å². The largest absolute Gasteiger partial charge is 0.462 e. The second kappa shape index (κ2) is 5.54. The number of carbonyl (C=O) groups excluding carboxylic acids is 2. The van der Waals surface area contributed by atoms with Gasteiger partial charge in [-0.2, -0.15) is 0 Å². The van der Waals surface area contributed by atoms with E-state index in [1.807, 2.05) is 0 Å². The molecule has 0 radical (unpaired) electrons. The summed E-state index contributed by atoms with van der Waals surface area (Å²) in [6.45, 7) is 5.35. The van der Waals surface area contributed by atoms with E-state index in [1.54, 1.807) is 20.8 Å². The van der Waals surface area contributed by atoms with Crippen molar-refractivity contribution in [2.75, 3.05) is 11.9 Å². The maximum Gasteiger partial charge on any atom is 0.341 e. The third-order valence-electron chi connectivity index (χ3n) is 3.21. The molecule has 0 saturated carbocycles. The number of aryl methyl sites for hydroxylation is 1. The minimum Gasteiger partial charge on any atom is -0.462 e. The summed E-state index contributed by atoms with van der Waals surface area (Å²) in [5.74, 6) is -0.667. The Morgan fingerprint density at radius 3 is 2.70 bits per heavy atom. The number of rotatable bonds is 4. The van der Waals surface area contributed by atoms with E-state index < -0.39 is 5.54 Å². The molecular formula is C14H20N2O3S. The molecule has 1 aromatic rings. The van der Waals surface area contributed by atoms with Gasteiger partial charge < -0.3 is 15.8 Å². The summed E-state index contributed by atoms with van der Waals surface area (Å²) in [6, 6.07) is 0. The first-order valence-corrected chi connectivity index (χ1v) is 7.58. The fraction of sp³-hybridized carbons (Fsp3) is 0.571. The van der Waals surface area contributed by atoms with Crippen molar-refractivity contribution >= 4 is 28.2 Å². The van der Waals surface area contributed by atoms with E-state index in [-0.39, 0.29) is 11.9 Å². The number of hydrogen-bond donors (Lipinski definition) is 2. The number of esters is 1. The van der Waals surface area contributed by atoms with Crippen LogP contribution in [0.4, 0.5) is 5.00 Å². The van der Waals surface area contributed by atoms with E-state index in [1.165, 1.54) is 11.3 Å². The molecule has 1 amide bonds. The maximum absolute atomic E-state index is 12.1. The van der Waals surface area contributed by atoms with Crippen LogP contribution in [0.3, 0.4) is 0 Å². The van der Waals surface area contributed by atoms with Gasteiger partial charge in [0.1, 0.15) is 5.00 Å². The van der Waals surface area contributed by atoms with Gasteiger partial charge in [-0.3, -0.25) is 4.79 Å². The van der Waals surface area contributed by atoms with Crippen LogP contribution in [0.2, 0.25) is 0 Å². The Morgan fingerprint density at radius 2 is 2.10 bits per heavy atom. The third-order valence-corrected chi connectivity index (χ3v) is 4.42. The molecule has 1 aliphatic carbocycles. The lowest BCUT2D eigenvalue weighted by atomic mass is 10.1.